The first-order chi connectivity index (χ1) is 49.2. The van der Waals surface area contributed by atoms with E-state index >= 15 is 0 Å². The lowest BCUT2D eigenvalue weighted by molar-refractivity contribution is -0.161. The van der Waals surface area contributed by atoms with E-state index < -0.39 is 97.5 Å². The third-order valence-electron chi connectivity index (χ3n) is 20.0. The van der Waals surface area contributed by atoms with Crippen molar-refractivity contribution in [2.75, 3.05) is 39.6 Å². The fraction of sp³-hybridized carbons (Fsp3) is 0.952. The van der Waals surface area contributed by atoms with Gasteiger partial charge in [-0.3, -0.25) is 37.3 Å². The summed E-state index contributed by atoms with van der Waals surface area (Å²) in [6.45, 7) is 14.3. The molecule has 0 spiro atoms. The number of hydrogen-bond acceptors (Lipinski definition) is 15. The van der Waals surface area contributed by atoms with E-state index in [1.54, 1.807) is 0 Å². The van der Waals surface area contributed by atoms with E-state index in [-0.39, 0.29) is 25.7 Å². The average Bonchev–Trinajstić information content (AvgIpc) is 0.912. The molecule has 0 aliphatic heterocycles. The lowest BCUT2D eigenvalue weighted by Crippen LogP contribution is -2.30. The molecule has 0 saturated heterocycles. The third kappa shape index (κ3) is 73.6. The Morgan fingerprint density at radius 2 is 0.471 bits per heavy atom. The van der Waals surface area contributed by atoms with Crippen molar-refractivity contribution in [1.82, 2.24) is 0 Å². The van der Waals surface area contributed by atoms with Gasteiger partial charge in [-0.15, -0.1) is 0 Å². The van der Waals surface area contributed by atoms with E-state index in [2.05, 4.69) is 55.4 Å². The Labute approximate surface area is 626 Å². The molecule has 0 fully saturated rings. The van der Waals surface area contributed by atoms with Crippen molar-refractivity contribution in [2.45, 2.75) is 446 Å². The van der Waals surface area contributed by atoms with E-state index in [0.29, 0.717) is 25.7 Å². The van der Waals surface area contributed by atoms with Crippen LogP contribution in [-0.2, 0) is 65.4 Å². The minimum Gasteiger partial charge on any atom is -0.462 e. The minimum absolute atomic E-state index is 0.106. The first-order valence-corrected chi connectivity index (χ1v) is 45.8. The second-order valence-corrected chi connectivity index (χ2v) is 34.2. The van der Waals surface area contributed by atoms with Gasteiger partial charge in [0.15, 0.2) is 12.2 Å². The number of phosphoric ester groups is 2. The van der Waals surface area contributed by atoms with Gasteiger partial charge in [0.2, 0.25) is 0 Å². The number of ether oxygens (including phenoxy) is 4. The molecule has 0 radical (unpaired) electrons. The maximum Gasteiger partial charge on any atom is 0.472 e. The molecule has 0 bridgehead atoms. The van der Waals surface area contributed by atoms with E-state index in [1.807, 2.05) is 0 Å². The molecule has 3 N–H and O–H groups in total. The summed E-state index contributed by atoms with van der Waals surface area (Å²) in [5.74, 6) is 1.08. The van der Waals surface area contributed by atoms with Gasteiger partial charge < -0.3 is 33.8 Å². The highest BCUT2D eigenvalue weighted by atomic mass is 31.2. The van der Waals surface area contributed by atoms with Crippen LogP contribution < -0.4 is 0 Å². The largest absolute Gasteiger partial charge is 0.472 e. The predicted octanol–water partition coefficient (Wildman–Crippen LogP) is 24.8. The highest BCUT2D eigenvalue weighted by Gasteiger charge is 2.30. The summed E-state index contributed by atoms with van der Waals surface area (Å²) < 4.78 is 68.8. The van der Waals surface area contributed by atoms with E-state index in [1.165, 1.54) is 231 Å². The van der Waals surface area contributed by atoms with Gasteiger partial charge in [-0.2, -0.15) is 0 Å². The highest BCUT2D eigenvalue weighted by molar-refractivity contribution is 7.47. The number of aliphatic hydroxyl groups excluding tert-OH is 1. The number of esters is 4. The van der Waals surface area contributed by atoms with Crippen molar-refractivity contribution >= 4 is 39.5 Å². The number of carbonyl (C=O) groups excluding carboxylic acids is 4. The zero-order valence-corrected chi connectivity index (χ0v) is 69.0. The Bertz CT molecular complexity index is 1990. The molecule has 0 aromatic rings. The zero-order chi connectivity index (χ0) is 75.3. The molecule has 19 heteroatoms. The van der Waals surface area contributed by atoms with Crippen LogP contribution in [0.15, 0.2) is 0 Å². The highest BCUT2D eigenvalue weighted by Crippen LogP contribution is 2.45. The van der Waals surface area contributed by atoms with Crippen LogP contribution in [0.4, 0.5) is 0 Å². The van der Waals surface area contributed by atoms with Gasteiger partial charge in [0, 0.05) is 25.7 Å². The second kappa shape index (κ2) is 72.0. The minimum atomic E-state index is -4.96. The SMILES string of the molecule is CCC(C)CCCCCCCCCCCCCCCCCCCCC(=O)O[C@H](COC(=O)CCCCCCCCCCCCCC(C)C)COP(=O)(O)OC[C@@H](O)COP(=O)(O)OC[C@@H](COC(=O)CCCCCCCCCCCC(C)C)OC(=O)CCCCCCCCCCCCC(C)CC. The summed E-state index contributed by atoms with van der Waals surface area (Å²) >= 11 is 0. The molecule has 0 aliphatic rings. The Balaban J connectivity index is 5.24. The van der Waals surface area contributed by atoms with Crippen LogP contribution in [0.5, 0.6) is 0 Å². The van der Waals surface area contributed by atoms with Crippen LogP contribution in [-0.4, -0.2) is 96.7 Å². The summed E-state index contributed by atoms with van der Waals surface area (Å²) in [6.07, 6.45) is 59.6. The normalized spacial score (nSPS) is 14.5. The fourth-order valence-corrected chi connectivity index (χ4v) is 14.3. The molecular formula is C83H162O17P2. The van der Waals surface area contributed by atoms with Crippen molar-refractivity contribution in [1.29, 1.82) is 0 Å². The Kier molecular flexibility index (Phi) is 70.6. The molecule has 4 unspecified atom stereocenters. The Morgan fingerprint density at radius 3 is 0.696 bits per heavy atom. The quantitative estimate of drug-likeness (QED) is 0.0222. The summed E-state index contributed by atoms with van der Waals surface area (Å²) in [6, 6.07) is 0. The molecule has 102 heavy (non-hydrogen) atoms. The molecule has 17 nitrogen and oxygen atoms in total. The number of rotatable bonds is 80. The first-order valence-electron chi connectivity index (χ1n) is 42.8. The summed E-state index contributed by atoms with van der Waals surface area (Å²) in [4.78, 5) is 73.1. The van der Waals surface area contributed by atoms with Crippen molar-refractivity contribution in [3.63, 3.8) is 0 Å². The van der Waals surface area contributed by atoms with Gasteiger partial charge in [-0.05, 0) is 49.4 Å². The van der Waals surface area contributed by atoms with Crippen LogP contribution in [0.3, 0.4) is 0 Å². The average molecular weight is 1490 g/mol. The van der Waals surface area contributed by atoms with Crippen molar-refractivity contribution in [3.8, 4) is 0 Å². The van der Waals surface area contributed by atoms with E-state index in [4.69, 9.17) is 37.0 Å². The van der Waals surface area contributed by atoms with Crippen molar-refractivity contribution < 1.29 is 80.2 Å². The van der Waals surface area contributed by atoms with Crippen LogP contribution in [0, 0.1) is 23.7 Å². The second-order valence-electron chi connectivity index (χ2n) is 31.3. The lowest BCUT2D eigenvalue weighted by atomic mass is 9.99. The predicted molar refractivity (Wildman–Crippen MR) is 418 cm³/mol. The summed E-state index contributed by atoms with van der Waals surface area (Å²) in [7, 11) is -9.93. The molecule has 0 heterocycles. The summed E-state index contributed by atoms with van der Waals surface area (Å²) in [5.41, 5.74) is 0. The van der Waals surface area contributed by atoms with Crippen molar-refractivity contribution in [2.24, 2.45) is 23.7 Å². The Morgan fingerprint density at radius 1 is 0.275 bits per heavy atom. The van der Waals surface area contributed by atoms with Crippen LogP contribution in [0.1, 0.15) is 428 Å². The Hall–Kier alpha value is -1.94. The van der Waals surface area contributed by atoms with Crippen LogP contribution in [0.2, 0.25) is 0 Å². The molecule has 0 amide bonds. The molecule has 0 rings (SSSR count). The van der Waals surface area contributed by atoms with Gasteiger partial charge in [-0.25, -0.2) is 9.13 Å². The zero-order valence-electron chi connectivity index (χ0n) is 67.2. The van der Waals surface area contributed by atoms with Crippen molar-refractivity contribution in [3.05, 3.63) is 0 Å². The van der Waals surface area contributed by atoms with Crippen LogP contribution in [0.25, 0.3) is 0 Å². The molecule has 0 saturated carbocycles. The topological polar surface area (TPSA) is 237 Å². The molecular weight excluding hydrogens is 1330 g/mol. The number of aliphatic hydroxyl groups is 1. The standard InChI is InChI=1S/C83H162O17P2/c1-9-75(7)61-53-45-37-29-21-17-15-13-11-12-14-16-18-22-32-41-49-57-65-82(87)99-78(69-93-80(85)63-55-47-39-31-23-19-20-27-35-43-51-59-73(3)4)71-97-101(89,90)95-67-77(84)68-96-102(91,92)98-72-79(70-94-81(86)64-56-48-40-34-26-28-36-44-52-60-74(5)6)100-83(88)66-58-50-42-33-25-24-30-38-46-54-62-76(8)10-2/h73-79,84H,9-72H2,1-8H3,(H,89,90)(H,91,92)/t75?,76?,77-,78-,79-/m1/s1. The number of phosphoric acid groups is 2. The monoisotopic (exact) mass is 1490 g/mol. The maximum absolute atomic E-state index is 13.1. The molecule has 7 atom stereocenters. The van der Waals surface area contributed by atoms with Gasteiger partial charge in [0.25, 0.3) is 0 Å². The fourth-order valence-electron chi connectivity index (χ4n) is 12.7. The number of carbonyl (C=O) groups is 4. The van der Waals surface area contributed by atoms with Gasteiger partial charge in [-0.1, -0.05) is 376 Å². The van der Waals surface area contributed by atoms with Gasteiger partial charge in [0.1, 0.15) is 19.3 Å². The summed E-state index contributed by atoms with van der Waals surface area (Å²) in [5, 5.41) is 10.7. The third-order valence-corrected chi connectivity index (χ3v) is 21.9. The lowest BCUT2D eigenvalue weighted by Gasteiger charge is -2.21. The molecule has 0 aromatic carbocycles. The first kappa shape index (κ1) is 100. The molecule has 606 valence electrons. The van der Waals surface area contributed by atoms with E-state index in [0.717, 1.165) is 114 Å². The number of unbranched alkanes of at least 4 members (excludes halogenated alkanes) is 44. The van der Waals surface area contributed by atoms with Gasteiger partial charge >= 0.3 is 39.5 Å². The smallest absolute Gasteiger partial charge is 0.462 e. The van der Waals surface area contributed by atoms with E-state index in [9.17, 15) is 43.2 Å². The molecule has 0 aliphatic carbocycles. The molecule has 0 aromatic heterocycles. The number of hydrogen-bond donors (Lipinski definition) is 3. The van der Waals surface area contributed by atoms with Crippen LogP contribution >= 0.6 is 15.6 Å². The maximum atomic E-state index is 13.1. The van der Waals surface area contributed by atoms with Gasteiger partial charge in [0.05, 0.1) is 26.4 Å².